The van der Waals surface area contributed by atoms with E-state index in [0.29, 0.717) is 6.54 Å². The van der Waals surface area contributed by atoms with Gasteiger partial charge in [0.1, 0.15) is 5.76 Å². The van der Waals surface area contributed by atoms with Crippen molar-refractivity contribution in [3.05, 3.63) is 36.1 Å². The van der Waals surface area contributed by atoms with Crippen LogP contribution in [0.3, 0.4) is 0 Å². The lowest BCUT2D eigenvalue weighted by Crippen LogP contribution is -2.00. The Balaban J connectivity index is 4.24. The SMILES string of the molecule is C=C/C(=C\C(O)=C/C)CN. The van der Waals surface area contributed by atoms with Crippen molar-refractivity contribution in [3.8, 4) is 0 Å². The molecule has 0 atom stereocenters. The smallest absolute Gasteiger partial charge is 0.111 e. The Kier molecular flexibility index (Phi) is 4.33. The molecule has 0 aliphatic carbocycles. The van der Waals surface area contributed by atoms with Crippen molar-refractivity contribution >= 4 is 0 Å². The Morgan fingerprint density at radius 1 is 1.70 bits per heavy atom. The summed E-state index contributed by atoms with van der Waals surface area (Å²) < 4.78 is 0. The van der Waals surface area contributed by atoms with Crippen LogP contribution < -0.4 is 5.73 Å². The summed E-state index contributed by atoms with van der Waals surface area (Å²) in [5.41, 5.74) is 6.14. The van der Waals surface area contributed by atoms with E-state index < -0.39 is 0 Å². The fourth-order valence-electron chi connectivity index (χ4n) is 0.474. The van der Waals surface area contributed by atoms with Gasteiger partial charge in [-0.05, 0) is 24.6 Å². The van der Waals surface area contributed by atoms with Crippen LogP contribution in [0.25, 0.3) is 0 Å². The van der Waals surface area contributed by atoms with Crippen molar-refractivity contribution in [3.63, 3.8) is 0 Å². The van der Waals surface area contributed by atoms with E-state index in [9.17, 15) is 0 Å². The zero-order valence-corrected chi connectivity index (χ0v) is 6.17. The second-order valence-electron chi connectivity index (χ2n) is 1.84. The summed E-state index contributed by atoms with van der Waals surface area (Å²) >= 11 is 0. The van der Waals surface area contributed by atoms with Crippen molar-refractivity contribution < 1.29 is 5.11 Å². The van der Waals surface area contributed by atoms with Crippen LogP contribution in [0.1, 0.15) is 6.92 Å². The molecule has 0 aliphatic rings. The highest BCUT2D eigenvalue weighted by Crippen LogP contribution is 1.98. The molecule has 0 unspecified atom stereocenters. The van der Waals surface area contributed by atoms with Gasteiger partial charge in [-0.15, -0.1) is 0 Å². The number of allylic oxidation sites excluding steroid dienone is 2. The number of aliphatic hydroxyl groups excluding tert-OH is 1. The van der Waals surface area contributed by atoms with E-state index in [2.05, 4.69) is 6.58 Å². The summed E-state index contributed by atoms with van der Waals surface area (Å²) in [7, 11) is 0. The molecule has 0 rings (SSSR count). The number of hydrogen-bond donors (Lipinski definition) is 2. The molecular formula is C8H13NO. The summed E-state index contributed by atoms with van der Waals surface area (Å²) in [5, 5.41) is 8.97. The van der Waals surface area contributed by atoms with E-state index >= 15 is 0 Å². The highest BCUT2D eigenvalue weighted by Gasteiger charge is 1.87. The Morgan fingerprint density at radius 2 is 2.30 bits per heavy atom. The number of rotatable bonds is 3. The Morgan fingerprint density at radius 3 is 2.60 bits per heavy atom. The predicted octanol–water partition coefficient (Wildman–Crippen LogP) is 1.52. The average molecular weight is 139 g/mol. The number of nitrogens with two attached hydrogens (primary N) is 1. The van der Waals surface area contributed by atoms with Gasteiger partial charge in [0.25, 0.3) is 0 Å². The maximum atomic E-state index is 8.97. The Labute approximate surface area is 61.4 Å². The molecule has 3 N–H and O–H groups in total. The summed E-state index contributed by atoms with van der Waals surface area (Å²) in [6, 6.07) is 0. The van der Waals surface area contributed by atoms with Gasteiger partial charge in [0.15, 0.2) is 0 Å². The summed E-state index contributed by atoms with van der Waals surface area (Å²) in [6.45, 7) is 5.69. The largest absolute Gasteiger partial charge is 0.508 e. The van der Waals surface area contributed by atoms with Crippen LogP contribution in [0, 0.1) is 0 Å². The molecule has 0 saturated heterocycles. The molecule has 2 heteroatoms. The van der Waals surface area contributed by atoms with Crippen LogP contribution in [0.4, 0.5) is 0 Å². The van der Waals surface area contributed by atoms with Gasteiger partial charge >= 0.3 is 0 Å². The lowest BCUT2D eigenvalue weighted by molar-refractivity contribution is 0.430. The number of hydrogen-bond acceptors (Lipinski definition) is 2. The van der Waals surface area contributed by atoms with E-state index in [0.717, 1.165) is 5.57 Å². The zero-order valence-electron chi connectivity index (χ0n) is 6.17. The molecule has 10 heavy (non-hydrogen) atoms. The van der Waals surface area contributed by atoms with E-state index in [-0.39, 0.29) is 5.76 Å². The molecule has 0 aromatic heterocycles. The van der Waals surface area contributed by atoms with Crippen molar-refractivity contribution in [2.75, 3.05) is 6.54 Å². The fourth-order valence-corrected chi connectivity index (χ4v) is 0.474. The molecule has 0 radical (unpaired) electrons. The maximum Gasteiger partial charge on any atom is 0.111 e. The second kappa shape index (κ2) is 4.82. The van der Waals surface area contributed by atoms with Gasteiger partial charge in [0, 0.05) is 6.54 Å². The minimum absolute atomic E-state index is 0.223. The molecule has 0 saturated carbocycles. The van der Waals surface area contributed by atoms with Crippen molar-refractivity contribution in [2.24, 2.45) is 5.73 Å². The third-order valence-electron chi connectivity index (χ3n) is 1.13. The Hall–Kier alpha value is -1.02. The number of aliphatic hydroxyl groups is 1. The molecule has 0 fully saturated rings. The normalized spacial score (nSPS) is 13.4. The van der Waals surface area contributed by atoms with Gasteiger partial charge in [-0.1, -0.05) is 12.7 Å². The monoisotopic (exact) mass is 139 g/mol. The fraction of sp³-hybridized carbons (Fsp3) is 0.250. The molecule has 0 bridgehead atoms. The van der Waals surface area contributed by atoms with Crippen LogP contribution in [0.15, 0.2) is 36.1 Å². The highest BCUT2D eigenvalue weighted by molar-refractivity contribution is 5.25. The molecule has 0 aromatic rings. The molecule has 2 nitrogen and oxygen atoms in total. The quantitative estimate of drug-likeness (QED) is 0.460. The first-order valence-corrected chi connectivity index (χ1v) is 3.13. The van der Waals surface area contributed by atoms with Gasteiger partial charge in [-0.3, -0.25) is 0 Å². The lowest BCUT2D eigenvalue weighted by Gasteiger charge is -1.94. The first kappa shape index (κ1) is 8.98. The Bertz CT molecular complexity index is 168. The van der Waals surface area contributed by atoms with Crippen molar-refractivity contribution in [1.29, 1.82) is 0 Å². The molecule has 0 aromatic carbocycles. The van der Waals surface area contributed by atoms with E-state index in [1.165, 1.54) is 0 Å². The highest BCUT2D eigenvalue weighted by atomic mass is 16.3. The minimum Gasteiger partial charge on any atom is -0.508 e. The first-order valence-electron chi connectivity index (χ1n) is 3.13. The van der Waals surface area contributed by atoms with Crippen molar-refractivity contribution in [1.82, 2.24) is 0 Å². The molecule has 0 heterocycles. The van der Waals surface area contributed by atoms with Gasteiger partial charge in [0.05, 0.1) is 0 Å². The maximum absolute atomic E-state index is 8.97. The van der Waals surface area contributed by atoms with Gasteiger partial charge in [0.2, 0.25) is 0 Å². The molecule has 0 aliphatic heterocycles. The van der Waals surface area contributed by atoms with E-state index in [1.807, 2.05) is 0 Å². The third-order valence-corrected chi connectivity index (χ3v) is 1.13. The second-order valence-corrected chi connectivity index (χ2v) is 1.84. The standard InChI is InChI=1S/C8H13NO/c1-3-7(6-9)5-8(10)4-2/h3-5,10H,1,6,9H2,2H3/b7-5+,8-4+. The van der Waals surface area contributed by atoms with Gasteiger partial charge in [-0.25, -0.2) is 0 Å². The van der Waals surface area contributed by atoms with Crippen LogP contribution in [0.2, 0.25) is 0 Å². The topological polar surface area (TPSA) is 46.2 Å². The van der Waals surface area contributed by atoms with Gasteiger partial charge < -0.3 is 10.8 Å². The van der Waals surface area contributed by atoms with Crippen LogP contribution in [-0.4, -0.2) is 11.7 Å². The van der Waals surface area contributed by atoms with Crippen molar-refractivity contribution in [2.45, 2.75) is 6.92 Å². The van der Waals surface area contributed by atoms with Gasteiger partial charge in [-0.2, -0.15) is 0 Å². The summed E-state index contributed by atoms with van der Waals surface area (Å²) in [5.74, 6) is 0.223. The minimum atomic E-state index is 0.223. The lowest BCUT2D eigenvalue weighted by atomic mass is 10.2. The molecule has 0 spiro atoms. The third kappa shape index (κ3) is 3.10. The summed E-state index contributed by atoms with van der Waals surface area (Å²) in [4.78, 5) is 0. The molecule has 0 amide bonds. The zero-order chi connectivity index (χ0) is 7.98. The average Bonchev–Trinajstić information content (AvgIpc) is 1.99. The molecule has 56 valence electrons. The summed E-state index contributed by atoms with van der Waals surface area (Å²) in [6.07, 6.45) is 4.81. The van der Waals surface area contributed by atoms with Crippen LogP contribution in [0.5, 0.6) is 0 Å². The first-order chi connectivity index (χ1) is 4.74. The van der Waals surface area contributed by atoms with E-state index in [4.69, 9.17) is 10.8 Å². The predicted molar refractivity (Wildman–Crippen MR) is 43.7 cm³/mol. The molecular weight excluding hydrogens is 126 g/mol. The van der Waals surface area contributed by atoms with E-state index in [1.54, 1.807) is 25.2 Å². The van der Waals surface area contributed by atoms with Crippen LogP contribution in [-0.2, 0) is 0 Å². The van der Waals surface area contributed by atoms with Crippen LogP contribution >= 0.6 is 0 Å².